The number of hydrogen-bond acceptors (Lipinski definition) is 8. The van der Waals surface area contributed by atoms with Gasteiger partial charge in [0.15, 0.2) is 0 Å². The highest BCUT2D eigenvalue weighted by atomic mass is 19.3. The summed E-state index contributed by atoms with van der Waals surface area (Å²) in [4.78, 5) is 80.7. The summed E-state index contributed by atoms with van der Waals surface area (Å²) in [6, 6.07) is 0.925. The quantitative estimate of drug-likeness (QED) is 0.208. The van der Waals surface area contributed by atoms with Crippen molar-refractivity contribution >= 4 is 35.7 Å². The van der Waals surface area contributed by atoms with Gasteiger partial charge in [0, 0.05) is 19.5 Å². The van der Waals surface area contributed by atoms with Gasteiger partial charge in [-0.05, 0) is 73.5 Å². The van der Waals surface area contributed by atoms with Crippen molar-refractivity contribution in [3.05, 3.63) is 35.4 Å². The van der Waals surface area contributed by atoms with Gasteiger partial charge in [-0.3, -0.25) is 14.4 Å². The van der Waals surface area contributed by atoms with Crippen LogP contribution in [-0.2, 0) is 35.1 Å². The van der Waals surface area contributed by atoms with Gasteiger partial charge in [0.05, 0.1) is 12.7 Å². The minimum atomic E-state index is -2.91. The number of halogens is 2. The molecule has 1 saturated carbocycles. The highest BCUT2D eigenvalue weighted by Crippen LogP contribution is 2.65. The van der Waals surface area contributed by atoms with Crippen LogP contribution in [0.1, 0.15) is 91.6 Å². The molecule has 0 bridgehead atoms. The number of nitrogens with one attached hydrogen (secondary N) is 4. The number of carbonyl (C=O) groups is 6. The Kier molecular flexibility index (Phi) is 13.7. The van der Waals surface area contributed by atoms with Crippen molar-refractivity contribution in [3.63, 3.8) is 0 Å². The molecule has 0 radical (unpaired) electrons. The van der Waals surface area contributed by atoms with Gasteiger partial charge < -0.3 is 35.6 Å². The molecule has 1 aromatic rings. The van der Waals surface area contributed by atoms with Crippen molar-refractivity contribution in [1.29, 1.82) is 0 Å². The number of amides is 5. The van der Waals surface area contributed by atoms with Gasteiger partial charge in [-0.25, -0.2) is 23.2 Å². The predicted molar refractivity (Wildman–Crippen MR) is 193 cm³/mol. The summed E-state index contributed by atoms with van der Waals surface area (Å²) in [5.41, 5.74) is -0.847. The van der Waals surface area contributed by atoms with Crippen LogP contribution in [0, 0.1) is 28.6 Å². The molecule has 15 heteroatoms. The number of alkyl halides is 2. The summed E-state index contributed by atoms with van der Waals surface area (Å²) >= 11 is 0. The standard InChI is InChI=1S/C38H57F2N5O8/c1-20(2)27(34(50)53-37(6,7)8)43-35(51)44-29(36(3,4)5)32(48)45-19-23-26(38(23,9)10)28(45)31(47)42-24(18-25(39)40)30(46)41-17-16-21-12-14-22(15-13-21)33(49)52-11/h12-15,20,23-29H,16-19H2,1-11H3,(H,41,46)(H,42,47)(H2,43,44,51)/t23?,24-,26?,27-,28-,29+/m0/s1. The number of likely N-dealkylation sites (tertiary alicyclic amines) is 1. The Morgan fingerprint density at radius 3 is 2.06 bits per heavy atom. The molecular weight excluding hydrogens is 692 g/mol. The van der Waals surface area contributed by atoms with Crippen molar-refractivity contribution in [2.24, 2.45) is 28.6 Å². The monoisotopic (exact) mass is 749 g/mol. The fourth-order valence-electron chi connectivity index (χ4n) is 6.85. The van der Waals surface area contributed by atoms with E-state index in [4.69, 9.17) is 4.74 Å². The molecule has 1 heterocycles. The number of nitrogens with zero attached hydrogens (tertiary/aromatic N) is 1. The molecule has 3 rings (SSSR count). The van der Waals surface area contributed by atoms with Crippen LogP contribution in [0.15, 0.2) is 24.3 Å². The van der Waals surface area contributed by atoms with Crippen molar-refractivity contribution in [2.45, 2.75) is 118 Å². The normalized spacial score (nSPS) is 20.8. The summed E-state index contributed by atoms with van der Waals surface area (Å²) in [7, 11) is 1.27. The first kappa shape index (κ1) is 43.1. The fourth-order valence-corrected chi connectivity index (χ4v) is 6.85. The number of benzene rings is 1. The summed E-state index contributed by atoms with van der Waals surface area (Å²) in [6.07, 6.45) is -3.52. The van der Waals surface area contributed by atoms with E-state index in [1.54, 1.807) is 79.7 Å². The van der Waals surface area contributed by atoms with Crippen molar-refractivity contribution < 1.29 is 47.0 Å². The van der Waals surface area contributed by atoms with Crippen LogP contribution in [0.25, 0.3) is 0 Å². The topological polar surface area (TPSA) is 172 Å². The molecule has 1 aliphatic heterocycles. The lowest BCUT2D eigenvalue weighted by molar-refractivity contribution is -0.158. The average Bonchev–Trinajstić information content (AvgIpc) is 3.35. The summed E-state index contributed by atoms with van der Waals surface area (Å²) in [6.45, 7) is 18.1. The number of urea groups is 1. The molecule has 2 unspecified atom stereocenters. The fraction of sp³-hybridized carbons (Fsp3) is 0.684. The van der Waals surface area contributed by atoms with Crippen LogP contribution < -0.4 is 21.3 Å². The summed E-state index contributed by atoms with van der Waals surface area (Å²) in [5, 5.41) is 10.5. The molecule has 0 aromatic heterocycles. The number of methoxy groups -OCH3 is 1. The Hall–Kier alpha value is -4.30. The SMILES string of the molecule is COC(=O)c1ccc(CCNC(=O)[C@H](CC(F)F)NC(=O)[C@@H]2C3C(CN2C(=O)[C@@H](NC(=O)N[C@H](C(=O)OC(C)(C)C)C(C)C)C(C)(C)C)C3(C)C)cc1. The van der Waals surface area contributed by atoms with Gasteiger partial charge in [0.25, 0.3) is 0 Å². The Balaban J connectivity index is 1.76. The molecular formula is C38H57F2N5O8. The van der Waals surface area contributed by atoms with Gasteiger partial charge in [-0.15, -0.1) is 0 Å². The number of rotatable bonds is 14. The van der Waals surface area contributed by atoms with E-state index in [9.17, 15) is 37.5 Å². The molecule has 1 aromatic carbocycles. The van der Waals surface area contributed by atoms with E-state index in [0.29, 0.717) is 12.0 Å². The lowest BCUT2D eigenvalue weighted by Gasteiger charge is -2.38. The minimum absolute atomic E-state index is 0.0675. The Morgan fingerprint density at radius 1 is 0.943 bits per heavy atom. The van der Waals surface area contributed by atoms with Gasteiger partial charge in [0.1, 0.15) is 29.8 Å². The van der Waals surface area contributed by atoms with E-state index in [1.165, 1.54) is 12.0 Å². The van der Waals surface area contributed by atoms with Crippen molar-refractivity contribution in [2.75, 3.05) is 20.2 Å². The second-order valence-corrected chi connectivity index (χ2v) is 17.0. The van der Waals surface area contributed by atoms with E-state index in [1.807, 2.05) is 13.8 Å². The van der Waals surface area contributed by atoms with Gasteiger partial charge >= 0.3 is 18.0 Å². The van der Waals surface area contributed by atoms with E-state index < -0.39 is 83.7 Å². The van der Waals surface area contributed by atoms with Crippen LogP contribution in [0.3, 0.4) is 0 Å². The summed E-state index contributed by atoms with van der Waals surface area (Å²) < 4.78 is 37.6. The summed E-state index contributed by atoms with van der Waals surface area (Å²) in [5.74, 6) is -3.93. The Labute approximate surface area is 311 Å². The molecule has 4 N–H and O–H groups in total. The Morgan fingerprint density at radius 2 is 1.55 bits per heavy atom. The van der Waals surface area contributed by atoms with Crippen LogP contribution >= 0.6 is 0 Å². The van der Waals surface area contributed by atoms with E-state index in [-0.39, 0.29) is 36.3 Å². The number of hydrogen-bond donors (Lipinski definition) is 4. The first-order chi connectivity index (χ1) is 24.4. The zero-order valence-electron chi connectivity index (χ0n) is 32.7. The lowest BCUT2D eigenvalue weighted by Crippen LogP contribution is -2.62. The lowest BCUT2D eigenvalue weighted by atomic mass is 9.85. The van der Waals surface area contributed by atoms with E-state index in [0.717, 1.165) is 5.56 Å². The van der Waals surface area contributed by atoms with Crippen LogP contribution in [0.4, 0.5) is 13.6 Å². The maximum absolute atomic E-state index is 14.3. The number of ether oxygens (including phenoxy) is 2. The molecule has 296 valence electrons. The van der Waals surface area contributed by atoms with Gasteiger partial charge in [0.2, 0.25) is 24.1 Å². The van der Waals surface area contributed by atoms with Crippen LogP contribution in [-0.4, -0.2) is 97.0 Å². The smallest absolute Gasteiger partial charge is 0.337 e. The zero-order chi connectivity index (χ0) is 40.2. The number of piperidine rings is 1. The average molecular weight is 750 g/mol. The number of carbonyl (C=O) groups excluding carboxylic acids is 6. The third kappa shape index (κ3) is 11.1. The third-order valence-electron chi connectivity index (χ3n) is 9.90. The zero-order valence-corrected chi connectivity index (χ0v) is 32.7. The van der Waals surface area contributed by atoms with E-state index in [2.05, 4.69) is 26.0 Å². The maximum atomic E-state index is 14.3. The Bertz CT molecular complexity index is 1520. The molecule has 0 spiro atoms. The van der Waals surface area contributed by atoms with Crippen molar-refractivity contribution in [1.82, 2.24) is 26.2 Å². The first-order valence-corrected chi connectivity index (χ1v) is 18.0. The van der Waals surface area contributed by atoms with Crippen molar-refractivity contribution in [3.8, 4) is 0 Å². The molecule has 13 nitrogen and oxygen atoms in total. The third-order valence-corrected chi connectivity index (χ3v) is 9.90. The molecule has 6 atom stereocenters. The molecule has 2 aliphatic rings. The molecule has 2 fully saturated rings. The maximum Gasteiger partial charge on any atom is 0.337 e. The molecule has 53 heavy (non-hydrogen) atoms. The van der Waals surface area contributed by atoms with Crippen LogP contribution in [0.5, 0.6) is 0 Å². The second-order valence-electron chi connectivity index (χ2n) is 17.0. The van der Waals surface area contributed by atoms with Crippen LogP contribution in [0.2, 0.25) is 0 Å². The highest BCUT2D eigenvalue weighted by molar-refractivity contribution is 5.96. The van der Waals surface area contributed by atoms with E-state index >= 15 is 0 Å². The van der Waals surface area contributed by atoms with Gasteiger partial charge in [-0.1, -0.05) is 60.6 Å². The number of fused-ring (bicyclic) bond motifs is 1. The second kappa shape index (κ2) is 16.8. The largest absolute Gasteiger partial charge is 0.465 e. The molecule has 1 saturated heterocycles. The molecule has 5 amide bonds. The first-order valence-electron chi connectivity index (χ1n) is 18.0. The minimum Gasteiger partial charge on any atom is -0.465 e. The molecule has 1 aliphatic carbocycles. The number of esters is 2. The predicted octanol–water partition coefficient (Wildman–Crippen LogP) is 3.84. The highest BCUT2D eigenvalue weighted by Gasteiger charge is 2.70. The van der Waals surface area contributed by atoms with Gasteiger partial charge in [-0.2, -0.15) is 0 Å².